The van der Waals surface area contributed by atoms with Crippen molar-refractivity contribution >= 4 is 15.9 Å². The first kappa shape index (κ1) is 13.2. The van der Waals surface area contributed by atoms with Crippen molar-refractivity contribution in [2.75, 3.05) is 0 Å². The molecule has 1 unspecified atom stereocenters. The fraction of sp³-hybridized carbons (Fsp3) is 0.214. The minimum absolute atomic E-state index is 0.351. The summed E-state index contributed by atoms with van der Waals surface area (Å²) < 4.78 is 13.9. The lowest BCUT2D eigenvalue weighted by molar-refractivity contribution is 0.472. The zero-order valence-corrected chi connectivity index (χ0v) is 11.6. The third kappa shape index (κ3) is 2.94. The van der Waals surface area contributed by atoms with E-state index >= 15 is 0 Å². The zero-order valence-electron chi connectivity index (χ0n) is 10.0. The molecule has 1 heterocycles. The number of nitrogens with two attached hydrogens (primary N) is 1. The molecule has 0 bridgehead atoms. The van der Waals surface area contributed by atoms with Crippen molar-refractivity contribution in [1.29, 1.82) is 0 Å². The van der Waals surface area contributed by atoms with Crippen molar-refractivity contribution in [2.24, 2.45) is 5.73 Å². The number of aromatic nitrogens is 1. The van der Waals surface area contributed by atoms with Crippen LogP contribution in [0.1, 0.15) is 18.2 Å². The monoisotopic (exact) mass is 308 g/mol. The molecule has 0 aliphatic carbocycles. The van der Waals surface area contributed by atoms with Crippen LogP contribution in [0.3, 0.4) is 0 Å². The molecule has 2 rings (SSSR count). The third-order valence-electron chi connectivity index (χ3n) is 2.83. The van der Waals surface area contributed by atoms with Crippen molar-refractivity contribution < 1.29 is 4.39 Å². The standard InChI is InChI=1S/C14H14BrFN2/c1-14(17,13-7-6-11(16)9-18-13)8-10-4-2-3-5-12(10)15/h2-7,9H,8,17H2,1H3. The highest BCUT2D eigenvalue weighted by molar-refractivity contribution is 9.10. The second-order valence-electron chi connectivity index (χ2n) is 4.55. The van der Waals surface area contributed by atoms with E-state index in [9.17, 15) is 4.39 Å². The van der Waals surface area contributed by atoms with Gasteiger partial charge in [-0.1, -0.05) is 34.1 Å². The summed E-state index contributed by atoms with van der Waals surface area (Å²) in [6, 6.07) is 10.9. The van der Waals surface area contributed by atoms with Crippen LogP contribution in [0.25, 0.3) is 0 Å². The van der Waals surface area contributed by atoms with Crippen LogP contribution in [0, 0.1) is 5.82 Å². The van der Waals surface area contributed by atoms with Crippen LogP contribution in [0.4, 0.5) is 4.39 Å². The minimum atomic E-state index is -0.627. The van der Waals surface area contributed by atoms with Gasteiger partial charge in [0.2, 0.25) is 0 Å². The minimum Gasteiger partial charge on any atom is -0.320 e. The first-order valence-corrected chi connectivity index (χ1v) is 6.43. The number of nitrogens with zero attached hydrogens (tertiary/aromatic N) is 1. The maximum absolute atomic E-state index is 12.9. The van der Waals surface area contributed by atoms with Crippen LogP contribution in [0.15, 0.2) is 47.1 Å². The summed E-state index contributed by atoms with van der Waals surface area (Å²) in [6.07, 6.45) is 1.83. The molecule has 0 amide bonds. The molecule has 0 aliphatic rings. The van der Waals surface area contributed by atoms with Gasteiger partial charge in [-0.2, -0.15) is 0 Å². The fourth-order valence-electron chi connectivity index (χ4n) is 1.84. The molecule has 2 nitrogen and oxygen atoms in total. The maximum atomic E-state index is 12.9. The van der Waals surface area contributed by atoms with Crippen LogP contribution >= 0.6 is 15.9 Å². The molecule has 94 valence electrons. The van der Waals surface area contributed by atoms with E-state index in [1.807, 2.05) is 31.2 Å². The zero-order chi connectivity index (χ0) is 13.2. The van der Waals surface area contributed by atoms with E-state index in [0.717, 1.165) is 10.0 Å². The summed E-state index contributed by atoms with van der Waals surface area (Å²) in [7, 11) is 0. The summed E-state index contributed by atoms with van der Waals surface area (Å²) in [5.41, 5.74) is 7.44. The molecule has 1 aromatic heterocycles. The van der Waals surface area contributed by atoms with E-state index in [4.69, 9.17) is 5.73 Å². The Morgan fingerprint density at radius 1 is 1.28 bits per heavy atom. The summed E-state index contributed by atoms with van der Waals surface area (Å²) in [5.74, 6) is -0.351. The van der Waals surface area contributed by atoms with Gasteiger partial charge in [0.25, 0.3) is 0 Å². The van der Waals surface area contributed by atoms with Gasteiger partial charge in [0.1, 0.15) is 5.82 Å². The average Bonchev–Trinajstić information content (AvgIpc) is 2.32. The van der Waals surface area contributed by atoms with Crippen LogP contribution in [0.2, 0.25) is 0 Å². The SMILES string of the molecule is CC(N)(Cc1ccccc1Br)c1ccc(F)cn1. The number of pyridine rings is 1. The predicted octanol–water partition coefficient (Wildman–Crippen LogP) is 3.40. The van der Waals surface area contributed by atoms with Crippen molar-refractivity contribution in [3.63, 3.8) is 0 Å². The summed E-state index contributed by atoms with van der Waals surface area (Å²) >= 11 is 3.50. The molecule has 2 aromatic rings. The van der Waals surface area contributed by atoms with Gasteiger partial charge in [0.15, 0.2) is 0 Å². The highest BCUT2D eigenvalue weighted by Crippen LogP contribution is 2.25. The van der Waals surface area contributed by atoms with E-state index < -0.39 is 5.54 Å². The molecule has 0 saturated carbocycles. The predicted molar refractivity (Wildman–Crippen MR) is 73.6 cm³/mol. The lowest BCUT2D eigenvalue weighted by atomic mass is 9.90. The second kappa shape index (κ2) is 5.16. The van der Waals surface area contributed by atoms with Crippen molar-refractivity contribution in [3.05, 3.63) is 64.1 Å². The Bertz CT molecular complexity index is 538. The Kier molecular flexibility index (Phi) is 3.78. The maximum Gasteiger partial charge on any atom is 0.141 e. The van der Waals surface area contributed by atoms with E-state index in [1.54, 1.807) is 6.07 Å². The van der Waals surface area contributed by atoms with Gasteiger partial charge < -0.3 is 5.73 Å². The van der Waals surface area contributed by atoms with E-state index in [1.165, 1.54) is 12.3 Å². The molecule has 1 aromatic carbocycles. The third-order valence-corrected chi connectivity index (χ3v) is 3.60. The van der Waals surface area contributed by atoms with Gasteiger partial charge in [-0.15, -0.1) is 0 Å². The van der Waals surface area contributed by atoms with Gasteiger partial charge in [-0.3, -0.25) is 4.98 Å². The summed E-state index contributed by atoms with van der Waals surface area (Å²) in [5, 5.41) is 0. The van der Waals surface area contributed by atoms with Crippen LogP contribution in [-0.2, 0) is 12.0 Å². The largest absolute Gasteiger partial charge is 0.320 e. The van der Waals surface area contributed by atoms with E-state index in [0.29, 0.717) is 12.1 Å². The van der Waals surface area contributed by atoms with Crippen LogP contribution in [-0.4, -0.2) is 4.98 Å². The van der Waals surface area contributed by atoms with Gasteiger partial charge in [0.05, 0.1) is 17.4 Å². The lowest BCUT2D eigenvalue weighted by Gasteiger charge is -2.24. The van der Waals surface area contributed by atoms with Crippen molar-refractivity contribution in [1.82, 2.24) is 4.98 Å². The Morgan fingerprint density at radius 2 is 2.00 bits per heavy atom. The molecule has 0 fully saturated rings. The molecule has 0 aliphatic heterocycles. The number of hydrogen-bond acceptors (Lipinski definition) is 2. The van der Waals surface area contributed by atoms with E-state index in [-0.39, 0.29) is 5.82 Å². The molecule has 0 saturated heterocycles. The molecule has 4 heteroatoms. The Morgan fingerprint density at radius 3 is 2.61 bits per heavy atom. The van der Waals surface area contributed by atoms with Gasteiger partial charge in [0, 0.05) is 4.47 Å². The molecular formula is C14H14BrFN2. The van der Waals surface area contributed by atoms with Crippen LogP contribution < -0.4 is 5.73 Å². The van der Waals surface area contributed by atoms with Gasteiger partial charge in [-0.05, 0) is 37.1 Å². The Balaban J connectivity index is 2.27. The lowest BCUT2D eigenvalue weighted by Crippen LogP contribution is -2.36. The highest BCUT2D eigenvalue weighted by atomic mass is 79.9. The fourth-order valence-corrected chi connectivity index (χ4v) is 2.27. The van der Waals surface area contributed by atoms with Crippen molar-refractivity contribution in [2.45, 2.75) is 18.9 Å². The number of halogens is 2. The summed E-state index contributed by atoms with van der Waals surface area (Å²) in [6.45, 7) is 1.90. The molecule has 18 heavy (non-hydrogen) atoms. The van der Waals surface area contributed by atoms with Crippen molar-refractivity contribution in [3.8, 4) is 0 Å². The molecule has 2 N–H and O–H groups in total. The highest BCUT2D eigenvalue weighted by Gasteiger charge is 2.24. The Hall–Kier alpha value is -1.26. The number of rotatable bonds is 3. The average molecular weight is 309 g/mol. The topological polar surface area (TPSA) is 38.9 Å². The summed E-state index contributed by atoms with van der Waals surface area (Å²) in [4.78, 5) is 4.06. The quantitative estimate of drug-likeness (QED) is 0.944. The van der Waals surface area contributed by atoms with Gasteiger partial charge >= 0.3 is 0 Å². The van der Waals surface area contributed by atoms with E-state index in [2.05, 4.69) is 20.9 Å². The normalized spacial score (nSPS) is 14.2. The second-order valence-corrected chi connectivity index (χ2v) is 5.40. The molecular weight excluding hydrogens is 295 g/mol. The smallest absolute Gasteiger partial charge is 0.141 e. The molecule has 1 atom stereocenters. The van der Waals surface area contributed by atoms with Gasteiger partial charge in [-0.25, -0.2) is 4.39 Å². The molecule has 0 radical (unpaired) electrons. The molecule has 0 spiro atoms. The first-order valence-electron chi connectivity index (χ1n) is 5.63. The number of hydrogen-bond donors (Lipinski definition) is 1. The Labute approximate surface area is 114 Å². The number of benzene rings is 1. The first-order chi connectivity index (χ1) is 8.49. The van der Waals surface area contributed by atoms with Crippen LogP contribution in [0.5, 0.6) is 0 Å².